The lowest BCUT2D eigenvalue weighted by Gasteiger charge is -2.20. The van der Waals surface area contributed by atoms with Crippen molar-refractivity contribution < 1.29 is 4.79 Å². The van der Waals surface area contributed by atoms with Crippen molar-refractivity contribution in [1.29, 1.82) is 0 Å². The third-order valence-electron chi connectivity index (χ3n) is 4.30. The van der Waals surface area contributed by atoms with E-state index in [1.54, 1.807) is 0 Å². The molecule has 4 nitrogen and oxygen atoms in total. The van der Waals surface area contributed by atoms with Crippen molar-refractivity contribution >= 4 is 34.2 Å². The van der Waals surface area contributed by atoms with Crippen LogP contribution < -0.4 is 4.90 Å². The molecule has 3 rings (SSSR count). The van der Waals surface area contributed by atoms with Crippen LogP contribution in [0.5, 0.6) is 0 Å². The number of unbranched alkanes of at least 4 members (excludes halogenated alkanes) is 2. The zero-order valence-electron chi connectivity index (χ0n) is 12.7. The van der Waals surface area contributed by atoms with E-state index in [0.717, 1.165) is 48.1 Å². The van der Waals surface area contributed by atoms with Crippen LogP contribution in [0, 0.1) is 0 Å². The molecular formula is C16H20ClN3O. The molecule has 1 amide bonds. The fourth-order valence-electron chi connectivity index (χ4n) is 3.04. The number of nitrogens with zero attached hydrogens (tertiary/aromatic N) is 2. The van der Waals surface area contributed by atoms with E-state index in [0.29, 0.717) is 5.28 Å². The van der Waals surface area contributed by atoms with E-state index in [-0.39, 0.29) is 5.91 Å². The predicted molar refractivity (Wildman–Crippen MR) is 86.0 cm³/mol. The topological polar surface area (TPSA) is 49.0 Å². The molecule has 2 aromatic rings. The standard InChI is InChI=1S/C16H20ClN3O/c1-4-5-6-7-20-13-9-12-11(18-15(17)19-12)8-10(13)16(2,3)14(20)21/h8-9H,4-7H2,1-3H3,(H,18,19). The van der Waals surface area contributed by atoms with Gasteiger partial charge in [0.15, 0.2) is 0 Å². The van der Waals surface area contributed by atoms with Gasteiger partial charge in [-0.15, -0.1) is 0 Å². The Labute approximate surface area is 129 Å². The highest BCUT2D eigenvalue weighted by Crippen LogP contribution is 2.43. The summed E-state index contributed by atoms with van der Waals surface area (Å²) in [5.41, 5.74) is 3.24. The second-order valence-electron chi connectivity index (χ2n) is 6.20. The predicted octanol–water partition coefficient (Wildman–Crippen LogP) is 4.03. The first kappa shape index (κ1) is 14.4. The summed E-state index contributed by atoms with van der Waals surface area (Å²) < 4.78 is 0. The number of fused-ring (bicyclic) bond motifs is 2. The van der Waals surface area contributed by atoms with Crippen LogP contribution in [0.2, 0.25) is 5.28 Å². The number of imidazole rings is 1. The number of carbonyl (C=O) groups excluding carboxylic acids is 1. The zero-order chi connectivity index (χ0) is 15.2. The third-order valence-corrected chi connectivity index (χ3v) is 4.48. The summed E-state index contributed by atoms with van der Waals surface area (Å²) in [6.07, 6.45) is 3.30. The van der Waals surface area contributed by atoms with Crippen molar-refractivity contribution in [3.63, 3.8) is 0 Å². The van der Waals surface area contributed by atoms with Crippen LogP contribution in [-0.4, -0.2) is 22.4 Å². The van der Waals surface area contributed by atoms with Gasteiger partial charge < -0.3 is 9.88 Å². The summed E-state index contributed by atoms with van der Waals surface area (Å²) in [7, 11) is 0. The monoisotopic (exact) mass is 305 g/mol. The van der Waals surface area contributed by atoms with Crippen LogP contribution in [0.1, 0.15) is 45.6 Å². The van der Waals surface area contributed by atoms with Gasteiger partial charge in [-0.05, 0) is 49.6 Å². The van der Waals surface area contributed by atoms with Crippen molar-refractivity contribution in [3.8, 4) is 0 Å². The summed E-state index contributed by atoms with van der Waals surface area (Å²) >= 11 is 5.94. The van der Waals surface area contributed by atoms with E-state index < -0.39 is 5.41 Å². The first-order chi connectivity index (χ1) is 9.95. The molecule has 2 heterocycles. The van der Waals surface area contributed by atoms with Gasteiger partial charge in [0.2, 0.25) is 11.2 Å². The maximum atomic E-state index is 12.7. The van der Waals surface area contributed by atoms with Crippen molar-refractivity contribution in [1.82, 2.24) is 9.97 Å². The molecule has 0 aliphatic carbocycles. The van der Waals surface area contributed by atoms with Gasteiger partial charge >= 0.3 is 0 Å². The molecule has 0 fully saturated rings. The van der Waals surface area contributed by atoms with Crippen molar-refractivity contribution in [2.45, 2.75) is 45.4 Å². The Hall–Kier alpha value is -1.55. The van der Waals surface area contributed by atoms with E-state index in [9.17, 15) is 4.79 Å². The van der Waals surface area contributed by atoms with E-state index >= 15 is 0 Å². The number of nitrogens with one attached hydrogen (secondary N) is 1. The summed E-state index contributed by atoms with van der Waals surface area (Å²) in [5, 5.41) is 0.385. The number of halogens is 1. The molecule has 1 aliphatic rings. The molecular weight excluding hydrogens is 286 g/mol. The molecule has 1 aliphatic heterocycles. The quantitative estimate of drug-likeness (QED) is 0.867. The molecule has 0 radical (unpaired) electrons. The van der Waals surface area contributed by atoms with Gasteiger partial charge in [-0.2, -0.15) is 0 Å². The Bertz CT molecular complexity index is 705. The third kappa shape index (κ3) is 2.22. The summed E-state index contributed by atoms with van der Waals surface area (Å²) in [6, 6.07) is 3.99. The maximum Gasteiger partial charge on any atom is 0.237 e. The average Bonchev–Trinajstić information content (AvgIpc) is 2.87. The summed E-state index contributed by atoms with van der Waals surface area (Å²) in [6.45, 7) is 6.90. The molecule has 0 saturated heterocycles. The lowest BCUT2D eigenvalue weighted by molar-refractivity contribution is -0.122. The van der Waals surface area contributed by atoms with Crippen LogP contribution in [0.25, 0.3) is 11.0 Å². The second kappa shape index (κ2) is 5.02. The number of amides is 1. The van der Waals surface area contributed by atoms with E-state index in [1.807, 2.05) is 30.9 Å². The normalized spacial score (nSPS) is 16.8. The Morgan fingerprint density at radius 1 is 1.33 bits per heavy atom. The van der Waals surface area contributed by atoms with Gasteiger partial charge in [-0.1, -0.05) is 19.8 Å². The number of hydrogen-bond donors (Lipinski definition) is 1. The number of hydrogen-bond acceptors (Lipinski definition) is 2. The fourth-order valence-corrected chi connectivity index (χ4v) is 3.24. The molecule has 0 atom stereocenters. The molecule has 1 N–H and O–H groups in total. The number of aromatic nitrogens is 2. The van der Waals surface area contributed by atoms with Crippen molar-refractivity contribution in [2.24, 2.45) is 0 Å². The molecule has 0 bridgehead atoms. The number of aromatic amines is 1. The lowest BCUT2D eigenvalue weighted by atomic mass is 9.86. The Morgan fingerprint density at radius 3 is 2.81 bits per heavy atom. The number of rotatable bonds is 4. The van der Waals surface area contributed by atoms with Gasteiger partial charge in [-0.25, -0.2) is 4.98 Å². The second-order valence-corrected chi connectivity index (χ2v) is 6.56. The van der Waals surface area contributed by atoms with E-state index in [4.69, 9.17) is 11.6 Å². The van der Waals surface area contributed by atoms with Crippen molar-refractivity contribution in [2.75, 3.05) is 11.4 Å². The van der Waals surface area contributed by atoms with E-state index in [1.165, 1.54) is 0 Å². The van der Waals surface area contributed by atoms with Crippen molar-refractivity contribution in [3.05, 3.63) is 23.0 Å². The molecule has 0 unspecified atom stereocenters. The van der Waals surface area contributed by atoms with Crippen LogP contribution in [0.3, 0.4) is 0 Å². The Morgan fingerprint density at radius 2 is 2.10 bits per heavy atom. The minimum Gasteiger partial charge on any atom is -0.329 e. The number of carbonyl (C=O) groups is 1. The van der Waals surface area contributed by atoms with Crippen LogP contribution in [0.4, 0.5) is 5.69 Å². The number of anilines is 1. The first-order valence-electron chi connectivity index (χ1n) is 7.47. The van der Waals surface area contributed by atoms with Gasteiger partial charge in [-0.3, -0.25) is 4.79 Å². The summed E-state index contributed by atoms with van der Waals surface area (Å²) in [5.74, 6) is 0.173. The number of benzene rings is 1. The molecule has 21 heavy (non-hydrogen) atoms. The minimum absolute atomic E-state index is 0.173. The molecule has 1 aromatic carbocycles. The fraction of sp³-hybridized carbons (Fsp3) is 0.500. The van der Waals surface area contributed by atoms with Gasteiger partial charge in [0, 0.05) is 6.54 Å². The van der Waals surface area contributed by atoms with Crippen LogP contribution in [0.15, 0.2) is 12.1 Å². The highest BCUT2D eigenvalue weighted by molar-refractivity contribution is 6.29. The molecule has 0 saturated carbocycles. The lowest BCUT2D eigenvalue weighted by Crippen LogP contribution is -2.36. The van der Waals surface area contributed by atoms with Crippen LogP contribution in [-0.2, 0) is 10.2 Å². The molecule has 1 aromatic heterocycles. The van der Waals surface area contributed by atoms with Crippen LogP contribution >= 0.6 is 11.6 Å². The highest BCUT2D eigenvalue weighted by atomic mass is 35.5. The SMILES string of the molecule is CCCCCN1C(=O)C(C)(C)c2cc3[nH]c(Cl)nc3cc21. The maximum absolute atomic E-state index is 12.7. The molecule has 0 spiro atoms. The largest absolute Gasteiger partial charge is 0.329 e. The summed E-state index contributed by atoms with van der Waals surface area (Å²) in [4.78, 5) is 21.9. The highest BCUT2D eigenvalue weighted by Gasteiger charge is 2.43. The average molecular weight is 306 g/mol. The zero-order valence-corrected chi connectivity index (χ0v) is 13.4. The van der Waals surface area contributed by atoms with Gasteiger partial charge in [0.05, 0.1) is 22.1 Å². The van der Waals surface area contributed by atoms with E-state index in [2.05, 4.69) is 16.9 Å². The smallest absolute Gasteiger partial charge is 0.237 e. The number of H-pyrrole nitrogens is 1. The minimum atomic E-state index is -0.493. The Balaban J connectivity index is 2.07. The Kier molecular flexibility index (Phi) is 3.44. The first-order valence-corrected chi connectivity index (χ1v) is 7.84. The van der Waals surface area contributed by atoms with Gasteiger partial charge in [0.1, 0.15) is 0 Å². The molecule has 112 valence electrons. The van der Waals surface area contributed by atoms with Gasteiger partial charge in [0.25, 0.3) is 0 Å². The molecule has 5 heteroatoms.